The Morgan fingerprint density at radius 3 is 2.66 bits per heavy atom. The van der Waals surface area contributed by atoms with E-state index in [0.29, 0.717) is 11.7 Å². The zero-order chi connectivity index (χ0) is 24.5. The van der Waals surface area contributed by atoms with Gasteiger partial charge in [-0.3, -0.25) is 9.97 Å². The van der Waals surface area contributed by atoms with E-state index in [1.54, 1.807) is 30.6 Å². The quantitative estimate of drug-likeness (QED) is 0.383. The fourth-order valence-electron chi connectivity index (χ4n) is 4.87. The van der Waals surface area contributed by atoms with Crippen LogP contribution in [0.15, 0.2) is 79.3 Å². The van der Waals surface area contributed by atoms with Gasteiger partial charge < -0.3 is 19.9 Å². The standard InChI is InChI=1S/C27H25N5O2S/c1-17-13-22(18(2)32(17)21-9-5-8-20(14-21)26(33)34)25-24(23-10-3-4-12-29-23)30-27(35)31(25)16-19-7-6-11-28-15-19/h3-15,24-25H,16H2,1-2H3,(H,30,35)(H,33,34)/t24-,25+/m0/s1. The van der Waals surface area contributed by atoms with E-state index in [9.17, 15) is 9.90 Å². The van der Waals surface area contributed by atoms with Crippen molar-refractivity contribution in [2.24, 2.45) is 0 Å². The van der Waals surface area contributed by atoms with Crippen LogP contribution in [0.2, 0.25) is 0 Å². The lowest BCUT2D eigenvalue weighted by atomic mass is 9.96. The van der Waals surface area contributed by atoms with Gasteiger partial charge in [-0.15, -0.1) is 0 Å². The van der Waals surface area contributed by atoms with Gasteiger partial charge in [0.05, 0.1) is 23.3 Å². The van der Waals surface area contributed by atoms with Gasteiger partial charge in [0.25, 0.3) is 0 Å². The monoisotopic (exact) mass is 483 g/mol. The van der Waals surface area contributed by atoms with Crippen LogP contribution >= 0.6 is 12.2 Å². The minimum atomic E-state index is -0.947. The lowest BCUT2D eigenvalue weighted by Crippen LogP contribution is -2.29. The third-order valence-corrected chi connectivity index (χ3v) is 6.77. The smallest absolute Gasteiger partial charge is 0.335 e. The van der Waals surface area contributed by atoms with Gasteiger partial charge in [0.15, 0.2) is 5.11 Å². The van der Waals surface area contributed by atoms with Gasteiger partial charge in [-0.2, -0.15) is 0 Å². The predicted molar refractivity (Wildman–Crippen MR) is 137 cm³/mol. The van der Waals surface area contributed by atoms with E-state index in [-0.39, 0.29) is 17.6 Å². The highest BCUT2D eigenvalue weighted by molar-refractivity contribution is 7.80. The SMILES string of the molecule is Cc1cc([C@@H]2[C@H](c3ccccn3)NC(=S)N2Cc2cccnc2)c(C)n1-c1cccc(C(=O)O)c1. The van der Waals surface area contributed by atoms with Gasteiger partial charge in [0.1, 0.15) is 0 Å². The van der Waals surface area contributed by atoms with Crippen LogP contribution in [-0.4, -0.2) is 35.6 Å². The number of benzene rings is 1. The second-order valence-electron chi connectivity index (χ2n) is 8.63. The summed E-state index contributed by atoms with van der Waals surface area (Å²) in [5.74, 6) is -0.947. The van der Waals surface area contributed by atoms with E-state index in [0.717, 1.165) is 33.9 Å². The molecular formula is C27H25N5O2S. The number of aromatic carboxylic acids is 1. The molecule has 0 aliphatic carbocycles. The van der Waals surface area contributed by atoms with E-state index in [1.807, 2.05) is 49.5 Å². The predicted octanol–water partition coefficient (Wildman–Crippen LogP) is 4.76. The van der Waals surface area contributed by atoms with Gasteiger partial charge in [-0.25, -0.2) is 4.79 Å². The third-order valence-electron chi connectivity index (χ3n) is 6.41. The lowest BCUT2D eigenvalue weighted by Gasteiger charge is -2.28. The van der Waals surface area contributed by atoms with E-state index in [4.69, 9.17) is 12.2 Å². The molecule has 0 spiro atoms. The first-order valence-corrected chi connectivity index (χ1v) is 11.7. The van der Waals surface area contributed by atoms with Gasteiger partial charge in [0, 0.05) is 42.2 Å². The van der Waals surface area contributed by atoms with Gasteiger partial charge in [0.2, 0.25) is 0 Å². The number of hydrogen-bond donors (Lipinski definition) is 2. The molecule has 5 rings (SSSR count). The van der Waals surface area contributed by atoms with Crippen molar-refractivity contribution in [2.75, 3.05) is 0 Å². The summed E-state index contributed by atoms with van der Waals surface area (Å²) in [4.78, 5) is 22.7. The van der Waals surface area contributed by atoms with E-state index in [2.05, 4.69) is 37.7 Å². The molecule has 4 heterocycles. The first kappa shape index (κ1) is 22.7. The highest BCUT2D eigenvalue weighted by Gasteiger charge is 2.41. The summed E-state index contributed by atoms with van der Waals surface area (Å²) in [6.45, 7) is 4.70. The van der Waals surface area contributed by atoms with E-state index >= 15 is 0 Å². The van der Waals surface area contributed by atoms with Crippen LogP contribution in [0.4, 0.5) is 0 Å². The highest BCUT2D eigenvalue weighted by Crippen LogP contribution is 2.42. The molecule has 2 N–H and O–H groups in total. The average molecular weight is 484 g/mol. The van der Waals surface area contributed by atoms with Crippen molar-refractivity contribution in [2.45, 2.75) is 32.5 Å². The van der Waals surface area contributed by atoms with Gasteiger partial charge in [-0.05, 0) is 79.7 Å². The first-order chi connectivity index (χ1) is 16.9. The molecule has 3 aromatic heterocycles. The zero-order valence-electron chi connectivity index (χ0n) is 19.4. The van der Waals surface area contributed by atoms with Crippen LogP contribution in [-0.2, 0) is 6.54 Å². The van der Waals surface area contributed by atoms with E-state index in [1.165, 1.54) is 0 Å². The number of aryl methyl sites for hydroxylation is 1. The third kappa shape index (κ3) is 4.28. The van der Waals surface area contributed by atoms with Crippen molar-refractivity contribution >= 4 is 23.3 Å². The van der Waals surface area contributed by atoms with Gasteiger partial charge >= 0.3 is 5.97 Å². The highest BCUT2D eigenvalue weighted by atomic mass is 32.1. The number of carboxylic acids is 1. The Balaban J connectivity index is 1.62. The Morgan fingerprint density at radius 1 is 1.09 bits per heavy atom. The molecule has 35 heavy (non-hydrogen) atoms. The van der Waals surface area contributed by atoms with Crippen molar-refractivity contribution in [3.8, 4) is 5.69 Å². The second kappa shape index (κ2) is 9.31. The summed E-state index contributed by atoms with van der Waals surface area (Å²) >= 11 is 5.81. The summed E-state index contributed by atoms with van der Waals surface area (Å²) in [7, 11) is 0. The molecule has 8 heteroatoms. The molecule has 7 nitrogen and oxygen atoms in total. The summed E-state index contributed by atoms with van der Waals surface area (Å²) < 4.78 is 2.10. The van der Waals surface area contributed by atoms with Crippen LogP contribution < -0.4 is 5.32 Å². The normalized spacial score (nSPS) is 17.4. The molecule has 0 bridgehead atoms. The molecule has 1 aliphatic heterocycles. The fraction of sp³-hybridized carbons (Fsp3) is 0.185. The van der Waals surface area contributed by atoms with Crippen molar-refractivity contribution in [3.63, 3.8) is 0 Å². The summed E-state index contributed by atoms with van der Waals surface area (Å²) in [6.07, 6.45) is 5.41. The molecule has 1 aromatic carbocycles. The topological polar surface area (TPSA) is 83.3 Å². The minimum absolute atomic E-state index is 0.111. The van der Waals surface area contributed by atoms with Crippen molar-refractivity contribution in [1.82, 2.24) is 24.8 Å². The maximum Gasteiger partial charge on any atom is 0.335 e. The van der Waals surface area contributed by atoms with Crippen LogP contribution in [0.1, 0.15) is 50.7 Å². The lowest BCUT2D eigenvalue weighted by molar-refractivity contribution is 0.0697. The Bertz CT molecular complexity index is 1390. The average Bonchev–Trinajstić information content (AvgIpc) is 3.35. The molecule has 0 amide bonds. The maximum atomic E-state index is 11.6. The molecule has 1 fully saturated rings. The molecular weight excluding hydrogens is 458 g/mol. The number of hydrogen-bond acceptors (Lipinski definition) is 4. The number of thiocarbonyl (C=S) groups is 1. The molecule has 176 valence electrons. The van der Waals surface area contributed by atoms with Crippen LogP contribution in [0, 0.1) is 13.8 Å². The van der Waals surface area contributed by atoms with E-state index < -0.39 is 5.97 Å². The molecule has 1 aliphatic rings. The number of nitrogens with one attached hydrogen (secondary N) is 1. The maximum absolute atomic E-state index is 11.6. The molecule has 1 saturated heterocycles. The van der Waals surface area contributed by atoms with Crippen LogP contribution in [0.3, 0.4) is 0 Å². The Hall–Kier alpha value is -4.04. The number of aromatic nitrogens is 3. The Kier molecular flexibility index (Phi) is 6.05. The molecule has 0 radical (unpaired) electrons. The first-order valence-electron chi connectivity index (χ1n) is 11.3. The number of rotatable bonds is 6. The van der Waals surface area contributed by atoms with Crippen molar-refractivity contribution in [3.05, 3.63) is 113 Å². The Labute approximate surface area is 209 Å². The van der Waals surface area contributed by atoms with Crippen LogP contribution in [0.25, 0.3) is 5.69 Å². The molecule has 0 saturated carbocycles. The second-order valence-corrected chi connectivity index (χ2v) is 9.02. The number of carboxylic acid groups (broad SMARTS) is 1. The summed E-state index contributed by atoms with van der Waals surface area (Å²) in [5, 5.41) is 13.6. The fourth-order valence-corrected chi connectivity index (χ4v) is 5.17. The molecule has 0 unspecified atom stereocenters. The molecule has 4 aromatic rings. The number of nitrogens with zero attached hydrogens (tertiary/aromatic N) is 4. The minimum Gasteiger partial charge on any atom is -0.478 e. The largest absolute Gasteiger partial charge is 0.478 e. The number of pyridine rings is 2. The summed E-state index contributed by atoms with van der Waals surface area (Å²) in [6, 6.07) is 18.8. The number of carbonyl (C=O) groups is 1. The van der Waals surface area contributed by atoms with Crippen LogP contribution in [0.5, 0.6) is 0 Å². The summed E-state index contributed by atoms with van der Waals surface area (Å²) in [5.41, 5.74) is 6.18. The Morgan fingerprint density at radius 2 is 1.94 bits per heavy atom. The van der Waals surface area contributed by atoms with Crippen molar-refractivity contribution < 1.29 is 9.90 Å². The van der Waals surface area contributed by atoms with Gasteiger partial charge in [-0.1, -0.05) is 18.2 Å². The zero-order valence-corrected chi connectivity index (χ0v) is 20.2. The molecule has 2 atom stereocenters. The van der Waals surface area contributed by atoms with Crippen molar-refractivity contribution in [1.29, 1.82) is 0 Å².